The Morgan fingerprint density at radius 2 is 1.90 bits per heavy atom. The molecule has 2 N–H and O–H groups in total. The van der Waals surface area contributed by atoms with Crippen molar-refractivity contribution in [3.63, 3.8) is 0 Å². The van der Waals surface area contributed by atoms with Crippen molar-refractivity contribution in [2.24, 2.45) is 0 Å². The molecule has 1 unspecified atom stereocenters. The van der Waals surface area contributed by atoms with Crippen LogP contribution < -0.4 is 10.6 Å². The molecule has 2 amide bonds. The molecule has 0 aromatic rings. The van der Waals surface area contributed by atoms with Gasteiger partial charge in [-0.05, 0) is 38.6 Å². The molecule has 4 heteroatoms. The van der Waals surface area contributed by atoms with Crippen LogP contribution in [0.1, 0.15) is 64.7 Å². The van der Waals surface area contributed by atoms with E-state index in [1.54, 1.807) is 0 Å². The molecule has 1 aliphatic heterocycles. The van der Waals surface area contributed by atoms with Gasteiger partial charge in [-0.25, -0.2) is 4.79 Å². The minimum atomic E-state index is 0.158. The molecule has 0 bridgehead atoms. The molecule has 0 spiro atoms. The number of rotatable bonds is 5. The first-order valence-electron chi connectivity index (χ1n) is 8.58. The smallest absolute Gasteiger partial charge is 0.317 e. The van der Waals surface area contributed by atoms with Crippen LogP contribution in [0, 0.1) is 0 Å². The number of nitrogens with zero attached hydrogens (tertiary/aromatic N) is 1. The molecule has 2 aliphatic rings. The van der Waals surface area contributed by atoms with Crippen molar-refractivity contribution < 1.29 is 4.79 Å². The van der Waals surface area contributed by atoms with Crippen molar-refractivity contribution in [2.45, 2.75) is 76.8 Å². The third-order valence-electron chi connectivity index (χ3n) is 4.57. The first-order valence-corrected chi connectivity index (χ1v) is 8.58. The predicted octanol–water partition coefficient (Wildman–Crippen LogP) is 2.88. The molecule has 0 radical (unpaired) electrons. The number of hydrogen-bond acceptors (Lipinski definition) is 2. The molecule has 1 atom stereocenters. The Morgan fingerprint density at radius 1 is 1.15 bits per heavy atom. The molecular weight excluding hydrogens is 250 g/mol. The molecule has 2 fully saturated rings. The van der Waals surface area contributed by atoms with Gasteiger partial charge in [-0.15, -0.1) is 0 Å². The van der Waals surface area contributed by atoms with Gasteiger partial charge in [0.2, 0.25) is 0 Å². The lowest BCUT2D eigenvalue weighted by Gasteiger charge is -2.32. The topological polar surface area (TPSA) is 44.4 Å². The second-order valence-corrected chi connectivity index (χ2v) is 6.38. The molecule has 0 aromatic heterocycles. The van der Waals surface area contributed by atoms with E-state index in [4.69, 9.17) is 0 Å². The number of piperidine rings is 1. The van der Waals surface area contributed by atoms with Gasteiger partial charge >= 0.3 is 6.03 Å². The van der Waals surface area contributed by atoms with Crippen molar-refractivity contribution in [1.29, 1.82) is 0 Å². The fourth-order valence-corrected chi connectivity index (χ4v) is 3.40. The normalized spacial score (nSPS) is 24.4. The third-order valence-corrected chi connectivity index (χ3v) is 4.57. The Kier molecular flexibility index (Phi) is 6.64. The van der Waals surface area contributed by atoms with Gasteiger partial charge in [-0.2, -0.15) is 0 Å². The molecule has 116 valence electrons. The van der Waals surface area contributed by atoms with Crippen LogP contribution in [-0.2, 0) is 0 Å². The van der Waals surface area contributed by atoms with Crippen molar-refractivity contribution in [1.82, 2.24) is 15.5 Å². The molecular formula is C16H31N3O. The van der Waals surface area contributed by atoms with Gasteiger partial charge in [0.1, 0.15) is 0 Å². The van der Waals surface area contributed by atoms with Crippen LogP contribution >= 0.6 is 0 Å². The van der Waals surface area contributed by atoms with Crippen molar-refractivity contribution in [3.8, 4) is 0 Å². The summed E-state index contributed by atoms with van der Waals surface area (Å²) in [6.45, 7) is 4.99. The van der Waals surface area contributed by atoms with Gasteiger partial charge < -0.3 is 15.5 Å². The number of hydrogen-bond donors (Lipinski definition) is 2. The highest BCUT2D eigenvalue weighted by Crippen LogP contribution is 2.18. The number of amides is 2. The standard InChI is InChI=1S/C16H31N3O/c1-2-12-19(13-15-10-6-7-11-17-15)16(20)18-14-8-4-3-5-9-14/h14-15,17H,2-13H2,1H3,(H,18,20). The van der Waals surface area contributed by atoms with Crippen LogP contribution in [0.3, 0.4) is 0 Å². The Labute approximate surface area is 123 Å². The van der Waals surface area contributed by atoms with E-state index in [1.165, 1.54) is 38.5 Å². The van der Waals surface area contributed by atoms with E-state index in [1.807, 2.05) is 4.90 Å². The lowest BCUT2D eigenvalue weighted by atomic mass is 9.96. The molecule has 2 rings (SSSR count). The summed E-state index contributed by atoms with van der Waals surface area (Å²) in [5.41, 5.74) is 0. The maximum atomic E-state index is 12.5. The molecule has 1 aliphatic carbocycles. The maximum Gasteiger partial charge on any atom is 0.317 e. The molecule has 1 saturated heterocycles. The Morgan fingerprint density at radius 3 is 2.55 bits per heavy atom. The van der Waals surface area contributed by atoms with Gasteiger partial charge in [-0.1, -0.05) is 32.6 Å². The molecule has 0 aromatic carbocycles. The summed E-state index contributed by atoms with van der Waals surface area (Å²) in [6.07, 6.45) is 11.0. The van der Waals surface area contributed by atoms with Gasteiger partial charge in [-0.3, -0.25) is 0 Å². The van der Waals surface area contributed by atoms with E-state index in [-0.39, 0.29) is 6.03 Å². The first kappa shape index (κ1) is 15.6. The number of nitrogens with one attached hydrogen (secondary N) is 2. The average Bonchev–Trinajstić information content (AvgIpc) is 2.49. The minimum absolute atomic E-state index is 0.158. The highest BCUT2D eigenvalue weighted by Gasteiger charge is 2.22. The monoisotopic (exact) mass is 281 g/mol. The number of carbonyl (C=O) groups excluding carboxylic acids is 1. The second kappa shape index (κ2) is 8.50. The van der Waals surface area contributed by atoms with Crippen LogP contribution in [0.25, 0.3) is 0 Å². The highest BCUT2D eigenvalue weighted by molar-refractivity contribution is 5.74. The van der Waals surface area contributed by atoms with Crippen molar-refractivity contribution in [2.75, 3.05) is 19.6 Å². The quantitative estimate of drug-likeness (QED) is 0.814. The third kappa shape index (κ3) is 4.97. The van der Waals surface area contributed by atoms with E-state index >= 15 is 0 Å². The lowest BCUT2D eigenvalue weighted by molar-refractivity contribution is 0.179. The summed E-state index contributed by atoms with van der Waals surface area (Å²) in [4.78, 5) is 14.5. The van der Waals surface area contributed by atoms with E-state index in [0.29, 0.717) is 12.1 Å². The molecule has 20 heavy (non-hydrogen) atoms. The number of carbonyl (C=O) groups is 1. The summed E-state index contributed by atoms with van der Waals surface area (Å²) >= 11 is 0. The zero-order valence-electron chi connectivity index (χ0n) is 13.0. The van der Waals surface area contributed by atoms with E-state index in [0.717, 1.165) is 38.9 Å². The average molecular weight is 281 g/mol. The fourth-order valence-electron chi connectivity index (χ4n) is 3.40. The SMILES string of the molecule is CCCN(CC1CCCCN1)C(=O)NC1CCCCC1. The summed E-state index contributed by atoms with van der Waals surface area (Å²) in [5, 5.41) is 6.80. The zero-order valence-corrected chi connectivity index (χ0v) is 13.0. The van der Waals surface area contributed by atoms with E-state index in [9.17, 15) is 4.79 Å². The van der Waals surface area contributed by atoms with Crippen LogP contribution in [0.5, 0.6) is 0 Å². The van der Waals surface area contributed by atoms with Gasteiger partial charge in [0.25, 0.3) is 0 Å². The summed E-state index contributed by atoms with van der Waals surface area (Å²) in [7, 11) is 0. The van der Waals surface area contributed by atoms with Gasteiger partial charge in [0.15, 0.2) is 0 Å². The molecule has 1 heterocycles. The van der Waals surface area contributed by atoms with Gasteiger partial charge in [0, 0.05) is 25.2 Å². The zero-order chi connectivity index (χ0) is 14.2. The Bertz CT molecular complexity index is 283. The minimum Gasteiger partial charge on any atom is -0.335 e. The second-order valence-electron chi connectivity index (χ2n) is 6.38. The van der Waals surface area contributed by atoms with E-state index in [2.05, 4.69) is 17.6 Å². The summed E-state index contributed by atoms with van der Waals surface area (Å²) < 4.78 is 0. The Balaban J connectivity index is 1.80. The fraction of sp³-hybridized carbons (Fsp3) is 0.938. The van der Waals surface area contributed by atoms with Crippen molar-refractivity contribution in [3.05, 3.63) is 0 Å². The van der Waals surface area contributed by atoms with E-state index < -0.39 is 0 Å². The van der Waals surface area contributed by atoms with Gasteiger partial charge in [0.05, 0.1) is 0 Å². The lowest BCUT2D eigenvalue weighted by Crippen LogP contribution is -2.51. The van der Waals surface area contributed by atoms with Crippen molar-refractivity contribution >= 4 is 6.03 Å². The number of urea groups is 1. The summed E-state index contributed by atoms with van der Waals surface area (Å²) in [5.74, 6) is 0. The van der Waals surface area contributed by atoms with Crippen LogP contribution in [-0.4, -0.2) is 42.6 Å². The highest BCUT2D eigenvalue weighted by atomic mass is 16.2. The van der Waals surface area contributed by atoms with Crippen LogP contribution in [0.15, 0.2) is 0 Å². The van der Waals surface area contributed by atoms with Crippen LogP contribution in [0.4, 0.5) is 4.79 Å². The van der Waals surface area contributed by atoms with Crippen LogP contribution in [0.2, 0.25) is 0 Å². The maximum absolute atomic E-state index is 12.5. The first-order chi connectivity index (χ1) is 9.79. The largest absolute Gasteiger partial charge is 0.335 e. The Hall–Kier alpha value is -0.770. The molecule has 1 saturated carbocycles. The predicted molar refractivity (Wildman–Crippen MR) is 82.9 cm³/mol. The summed E-state index contributed by atoms with van der Waals surface area (Å²) in [6, 6.07) is 1.06. The molecule has 4 nitrogen and oxygen atoms in total.